The molecule has 4 rings (SSSR count). The van der Waals surface area contributed by atoms with E-state index in [2.05, 4.69) is 25.5 Å². The van der Waals surface area contributed by atoms with Crippen molar-refractivity contribution in [1.82, 2.24) is 29.5 Å². The lowest BCUT2D eigenvalue weighted by Crippen LogP contribution is -2.21. The number of rotatable bonds is 4. The summed E-state index contributed by atoms with van der Waals surface area (Å²) in [7, 11) is 0. The topological polar surface area (TPSA) is 110 Å². The van der Waals surface area contributed by atoms with Crippen LogP contribution < -0.4 is 10.9 Å². The number of hydrogen-bond acceptors (Lipinski definition) is 5. The lowest BCUT2D eigenvalue weighted by molar-refractivity contribution is -0.118. The number of nitrogens with one attached hydrogen (secondary N) is 2. The molecule has 0 radical (unpaired) electrons. The summed E-state index contributed by atoms with van der Waals surface area (Å²) in [4.78, 5) is 31.8. The van der Waals surface area contributed by atoms with E-state index in [9.17, 15) is 14.0 Å². The number of aromatic amines is 1. The van der Waals surface area contributed by atoms with E-state index in [-0.39, 0.29) is 34.5 Å². The monoisotopic (exact) mass is 395 g/mol. The van der Waals surface area contributed by atoms with Crippen LogP contribution in [-0.4, -0.2) is 35.4 Å². The summed E-state index contributed by atoms with van der Waals surface area (Å²) in [6, 6.07) is 7.73. The molecule has 0 bridgehead atoms. The highest BCUT2D eigenvalue weighted by Gasteiger charge is 2.18. The van der Waals surface area contributed by atoms with E-state index in [1.54, 1.807) is 39.0 Å². The maximum absolute atomic E-state index is 14.3. The average molecular weight is 395 g/mol. The Balaban J connectivity index is 1.89. The Kier molecular flexibility index (Phi) is 4.45. The van der Waals surface area contributed by atoms with Gasteiger partial charge in [-0.15, -0.1) is 0 Å². The highest BCUT2D eigenvalue weighted by Crippen LogP contribution is 2.19. The molecule has 2 N–H and O–H groups in total. The van der Waals surface area contributed by atoms with Crippen molar-refractivity contribution in [3.63, 3.8) is 0 Å². The normalized spacial score (nSPS) is 11.3. The van der Waals surface area contributed by atoms with Crippen LogP contribution in [0.4, 0.5) is 10.2 Å². The largest absolute Gasteiger partial charge is 0.310 e. The highest BCUT2D eigenvalue weighted by atomic mass is 19.1. The van der Waals surface area contributed by atoms with Crippen LogP contribution in [0.1, 0.15) is 19.5 Å². The fourth-order valence-electron chi connectivity index (χ4n) is 2.83. The standard InChI is InChI=1S/C19H18FN7O2/c1-10(2)17(28)22-15-8-11(3)25-27(15)19-23-16-12(18(29)24-19)9-21-26(16)14-7-5-4-6-13(14)20/h4-10H,1-3H3,(H,22,28)(H,23,24,29). The van der Waals surface area contributed by atoms with Gasteiger partial charge in [-0.1, -0.05) is 26.0 Å². The number of halogens is 1. The fourth-order valence-corrected chi connectivity index (χ4v) is 2.83. The molecule has 0 aliphatic heterocycles. The average Bonchev–Trinajstić information content (AvgIpc) is 3.25. The number of fused-ring (bicyclic) bond motifs is 1. The van der Waals surface area contributed by atoms with Crippen molar-refractivity contribution in [3.05, 3.63) is 58.4 Å². The molecule has 29 heavy (non-hydrogen) atoms. The van der Waals surface area contributed by atoms with Crippen LogP contribution >= 0.6 is 0 Å². The molecule has 0 aliphatic rings. The first-order chi connectivity index (χ1) is 13.8. The molecule has 10 heteroatoms. The van der Waals surface area contributed by atoms with Gasteiger partial charge < -0.3 is 5.32 Å². The van der Waals surface area contributed by atoms with E-state index in [4.69, 9.17) is 0 Å². The number of benzene rings is 1. The molecule has 1 aromatic carbocycles. The molecule has 0 unspecified atom stereocenters. The number of carbonyl (C=O) groups is 1. The maximum atomic E-state index is 14.3. The number of H-pyrrole nitrogens is 1. The molecule has 3 aromatic heterocycles. The van der Waals surface area contributed by atoms with Crippen LogP contribution in [0, 0.1) is 18.7 Å². The Morgan fingerprint density at radius 1 is 1.24 bits per heavy atom. The van der Waals surface area contributed by atoms with Crippen LogP contribution in [0.25, 0.3) is 22.7 Å². The van der Waals surface area contributed by atoms with E-state index in [0.29, 0.717) is 11.5 Å². The molecule has 0 spiro atoms. The molecule has 0 fully saturated rings. The minimum atomic E-state index is -0.499. The molecule has 148 valence electrons. The van der Waals surface area contributed by atoms with E-state index in [1.807, 2.05) is 0 Å². The number of nitrogens with zero attached hydrogens (tertiary/aromatic N) is 5. The molecule has 9 nitrogen and oxygen atoms in total. The predicted molar refractivity (Wildman–Crippen MR) is 105 cm³/mol. The van der Waals surface area contributed by atoms with Crippen molar-refractivity contribution in [2.75, 3.05) is 5.32 Å². The molecule has 3 heterocycles. The predicted octanol–water partition coefficient (Wildman–Crippen LogP) is 2.34. The first-order valence-electron chi connectivity index (χ1n) is 8.96. The van der Waals surface area contributed by atoms with Crippen LogP contribution in [0.15, 0.2) is 41.3 Å². The second kappa shape index (κ2) is 6.97. The van der Waals surface area contributed by atoms with Gasteiger partial charge in [-0.3, -0.25) is 14.6 Å². The van der Waals surface area contributed by atoms with Gasteiger partial charge in [0.1, 0.15) is 22.7 Å². The van der Waals surface area contributed by atoms with Crippen LogP contribution in [0.5, 0.6) is 0 Å². The van der Waals surface area contributed by atoms with E-state index < -0.39 is 11.4 Å². The zero-order valence-corrected chi connectivity index (χ0v) is 16.0. The summed E-state index contributed by atoms with van der Waals surface area (Å²) in [5.74, 6) is -0.504. The molecule has 0 saturated heterocycles. The highest BCUT2D eigenvalue weighted by molar-refractivity contribution is 5.91. The van der Waals surface area contributed by atoms with Crippen LogP contribution in [-0.2, 0) is 4.79 Å². The Hall–Kier alpha value is -3.82. The lowest BCUT2D eigenvalue weighted by Gasteiger charge is -2.10. The van der Waals surface area contributed by atoms with Crippen molar-refractivity contribution < 1.29 is 9.18 Å². The summed E-state index contributed by atoms with van der Waals surface area (Å²) in [6.07, 6.45) is 1.33. The van der Waals surface area contributed by atoms with Crippen molar-refractivity contribution in [1.29, 1.82) is 0 Å². The first kappa shape index (κ1) is 18.5. The smallest absolute Gasteiger partial charge is 0.263 e. The Morgan fingerprint density at radius 3 is 2.72 bits per heavy atom. The number of para-hydroxylation sites is 1. The van der Waals surface area contributed by atoms with Crippen molar-refractivity contribution >= 4 is 22.8 Å². The maximum Gasteiger partial charge on any atom is 0.263 e. The summed E-state index contributed by atoms with van der Waals surface area (Å²) >= 11 is 0. The van der Waals surface area contributed by atoms with Gasteiger partial charge in [0.15, 0.2) is 5.65 Å². The molecule has 0 aliphatic carbocycles. The van der Waals surface area contributed by atoms with Crippen molar-refractivity contribution in [2.45, 2.75) is 20.8 Å². The zero-order valence-electron chi connectivity index (χ0n) is 16.0. The number of anilines is 1. The van der Waals surface area contributed by atoms with Gasteiger partial charge in [0, 0.05) is 12.0 Å². The van der Waals surface area contributed by atoms with Crippen LogP contribution in [0.2, 0.25) is 0 Å². The molecule has 4 aromatic rings. The Bertz CT molecular complexity index is 1290. The molecule has 0 saturated carbocycles. The van der Waals surface area contributed by atoms with Crippen LogP contribution in [0.3, 0.4) is 0 Å². The number of amides is 1. The van der Waals surface area contributed by atoms with Gasteiger partial charge in [0.25, 0.3) is 5.56 Å². The summed E-state index contributed by atoms with van der Waals surface area (Å²) < 4.78 is 16.8. The van der Waals surface area contributed by atoms with E-state index in [1.165, 1.54) is 27.7 Å². The summed E-state index contributed by atoms with van der Waals surface area (Å²) in [5, 5.41) is 11.4. The fraction of sp³-hybridized carbons (Fsp3) is 0.211. The second-order valence-corrected chi connectivity index (χ2v) is 6.86. The minimum Gasteiger partial charge on any atom is -0.310 e. The number of aryl methyl sites for hydroxylation is 1. The van der Waals surface area contributed by atoms with Gasteiger partial charge in [0.2, 0.25) is 11.9 Å². The van der Waals surface area contributed by atoms with Gasteiger partial charge in [0.05, 0.1) is 11.9 Å². The third kappa shape index (κ3) is 3.28. The molecular formula is C19H18FN7O2. The van der Waals surface area contributed by atoms with Gasteiger partial charge in [-0.05, 0) is 19.1 Å². The number of aromatic nitrogens is 6. The van der Waals surface area contributed by atoms with Crippen molar-refractivity contribution in [2.24, 2.45) is 5.92 Å². The quantitative estimate of drug-likeness (QED) is 0.551. The lowest BCUT2D eigenvalue weighted by atomic mass is 10.2. The Labute approximate surface area is 164 Å². The third-order valence-corrected chi connectivity index (χ3v) is 4.31. The molecule has 0 atom stereocenters. The minimum absolute atomic E-state index is 0.0766. The molecule has 1 amide bonds. The number of hydrogen-bond donors (Lipinski definition) is 2. The molecular weight excluding hydrogens is 377 g/mol. The second-order valence-electron chi connectivity index (χ2n) is 6.86. The number of carbonyl (C=O) groups excluding carboxylic acids is 1. The zero-order chi connectivity index (χ0) is 20.7. The van der Waals surface area contributed by atoms with Gasteiger partial charge in [-0.2, -0.15) is 19.9 Å². The van der Waals surface area contributed by atoms with E-state index in [0.717, 1.165) is 0 Å². The van der Waals surface area contributed by atoms with Crippen molar-refractivity contribution in [3.8, 4) is 11.6 Å². The first-order valence-corrected chi connectivity index (χ1v) is 8.96. The Morgan fingerprint density at radius 2 is 2.00 bits per heavy atom. The third-order valence-electron chi connectivity index (χ3n) is 4.31. The van der Waals surface area contributed by atoms with E-state index >= 15 is 0 Å². The summed E-state index contributed by atoms with van der Waals surface area (Å²) in [6.45, 7) is 5.28. The SMILES string of the molecule is Cc1cc(NC(=O)C(C)C)n(-c2nc3c(cnn3-c3ccccc3F)c(=O)[nH]2)n1. The summed E-state index contributed by atoms with van der Waals surface area (Å²) in [5.41, 5.74) is 0.496. The van der Waals surface area contributed by atoms with Gasteiger partial charge in [-0.25, -0.2) is 9.07 Å². The van der Waals surface area contributed by atoms with Gasteiger partial charge >= 0.3 is 0 Å².